The summed E-state index contributed by atoms with van der Waals surface area (Å²) in [5.41, 5.74) is -0.0562. The largest absolute Gasteiger partial charge is 0.379 e. The zero-order valence-corrected chi connectivity index (χ0v) is 15.3. The van der Waals surface area contributed by atoms with Gasteiger partial charge in [0.2, 0.25) is 0 Å². The van der Waals surface area contributed by atoms with E-state index < -0.39 is 0 Å². The van der Waals surface area contributed by atoms with Gasteiger partial charge in [-0.05, 0) is 71.2 Å². The molecule has 0 saturated carbocycles. The van der Waals surface area contributed by atoms with Gasteiger partial charge in [0.15, 0.2) is 0 Å². The molecule has 1 atom stereocenters. The summed E-state index contributed by atoms with van der Waals surface area (Å²) in [6.45, 7) is 7.39. The van der Waals surface area contributed by atoms with Crippen LogP contribution < -0.4 is 5.32 Å². The van der Waals surface area contributed by atoms with Crippen molar-refractivity contribution < 1.29 is 4.74 Å². The maximum absolute atomic E-state index is 5.49. The molecule has 1 aromatic heterocycles. The number of hydrogen-bond acceptors (Lipinski definition) is 3. The van der Waals surface area contributed by atoms with E-state index in [9.17, 15) is 0 Å². The van der Waals surface area contributed by atoms with E-state index in [1.54, 1.807) is 18.4 Å². The lowest BCUT2D eigenvalue weighted by Crippen LogP contribution is -2.27. The van der Waals surface area contributed by atoms with Crippen molar-refractivity contribution in [3.8, 4) is 0 Å². The van der Waals surface area contributed by atoms with Crippen LogP contribution in [-0.2, 0) is 4.74 Å². The van der Waals surface area contributed by atoms with Gasteiger partial charge in [0, 0.05) is 22.5 Å². The molecule has 0 bridgehead atoms. The second-order valence-corrected chi connectivity index (χ2v) is 8.14. The molecule has 1 heterocycles. The SMILES string of the molecule is CCNC(CCC(C)(C)OC)c1cc(Br)c(Br)s1. The fourth-order valence-electron chi connectivity index (χ4n) is 1.72. The molecule has 5 heteroatoms. The van der Waals surface area contributed by atoms with E-state index in [4.69, 9.17) is 4.74 Å². The molecule has 0 amide bonds. The number of thiophene rings is 1. The van der Waals surface area contributed by atoms with Gasteiger partial charge in [-0.3, -0.25) is 0 Å². The minimum Gasteiger partial charge on any atom is -0.379 e. The third-order valence-electron chi connectivity index (χ3n) is 3.05. The van der Waals surface area contributed by atoms with Crippen LogP contribution >= 0.6 is 43.2 Å². The number of hydrogen-bond donors (Lipinski definition) is 1. The predicted molar refractivity (Wildman–Crippen MR) is 86.5 cm³/mol. The minimum absolute atomic E-state index is 0.0562. The number of halogens is 2. The summed E-state index contributed by atoms with van der Waals surface area (Å²) in [6, 6.07) is 2.60. The lowest BCUT2D eigenvalue weighted by molar-refractivity contribution is 0.0118. The summed E-state index contributed by atoms with van der Waals surface area (Å²) in [5, 5.41) is 3.55. The third-order valence-corrected chi connectivity index (χ3v) is 6.42. The molecule has 0 radical (unpaired) electrons. The van der Waals surface area contributed by atoms with Crippen LogP contribution in [0.3, 0.4) is 0 Å². The molecule has 0 aliphatic heterocycles. The maximum Gasteiger partial charge on any atom is 0.0843 e. The third kappa shape index (κ3) is 4.93. The summed E-state index contributed by atoms with van der Waals surface area (Å²) in [6.07, 6.45) is 2.11. The van der Waals surface area contributed by atoms with E-state index in [1.165, 1.54) is 4.88 Å². The average Bonchev–Trinajstić information content (AvgIpc) is 2.65. The highest BCUT2D eigenvalue weighted by molar-refractivity contribution is 9.13. The first-order valence-electron chi connectivity index (χ1n) is 6.13. The van der Waals surface area contributed by atoms with Crippen LogP contribution in [0, 0.1) is 0 Å². The second-order valence-electron chi connectivity index (χ2n) is 4.88. The number of methoxy groups -OCH3 is 1. The highest BCUT2D eigenvalue weighted by Gasteiger charge is 2.21. The molecule has 18 heavy (non-hydrogen) atoms. The molecule has 0 aliphatic carbocycles. The van der Waals surface area contributed by atoms with Crippen LogP contribution in [0.4, 0.5) is 0 Å². The Hall–Kier alpha value is 0.580. The minimum atomic E-state index is -0.0562. The van der Waals surface area contributed by atoms with Crippen LogP contribution in [-0.4, -0.2) is 19.3 Å². The number of ether oxygens (including phenoxy) is 1. The monoisotopic (exact) mass is 397 g/mol. The molecule has 0 aromatic carbocycles. The van der Waals surface area contributed by atoms with Crippen LogP contribution in [0.25, 0.3) is 0 Å². The van der Waals surface area contributed by atoms with Gasteiger partial charge in [-0.15, -0.1) is 11.3 Å². The standard InChI is InChI=1S/C13H21Br2NOS/c1-5-16-10(6-7-13(2,3)17-4)11-8-9(14)12(15)18-11/h8,10,16H,5-7H2,1-4H3. The smallest absolute Gasteiger partial charge is 0.0843 e. The molecule has 0 spiro atoms. The van der Waals surface area contributed by atoms with Gasteiger partial charge in [0.1, 0.15) is 0 Å². The van der Waals surface area contributed by atoms with Gasteiger partial charge < -0.3 is 10.1 Å². The van der Waals surface area contributed by atoms with Crippen LogP contribution in [0.5, 0.6) is 0 Å². The highest BCUT2D eigenvalue weighted by atomic mass is 79.9. The fourth-order valence-corrected chi connectivity index (χ4v) is 3.92. The van der Waals surface area contributed by atoms with Gasteiger partial charge in [-0.1, -0.05) is 6.92 Å². The van der Waals surface area contributed by atoms with Crippen molar-refractivity contribution in [3.63, 3.8) is 0 Å². The van der Waals surface area contributed by atoms with Crippen molar-refractivity contribution in [1.82, 2.24) is 5.32 Å². The molecule has 1 unspecified atom stereocenters. The van der Waals surface area contributed by atoms with Crippen molar-refractivity contribution in [3.05, 3.63) is 19.2 Å². The summed E-state index contributed by atoms with van der Waals surface area (Å²) in [5.74, 6) is 0. The van der Waals surface area contributed by atoms with Gasteiger partial charge in [0.25, 0.3) is 0 Å². The van der Waals surface area contributed by atoms with E-state index in [2.05, 4.69) is 64.0 Å². The molecule has 1 N–H and O–H groups in total. The van der Waals surface area contributed by atoms with Crippen molar-refractivity contribution in [2.24, 2.45) is 0 Å². The molecule has 104 valence electrons. The maximum atomic E-state index is 5.49. The molecular formula is C13H21Br2NOS. The Balaban J connectivity index is 2.71. The zero-order valence-electron chi connectivity index (χ0n) is 11.3. The first kappa shape index (κ1) is 16.6. The summed E-state index contributed by atoms with van der Waals surface area (Å²) >= 11 is 8.90. The lowest BCUT2D eigenvalue weighted by Gasteiger charge is -2.26. The predicted octanol–water partition coefficient (Wildman–Crippen LogP) is 5.13. The average molecular weight is 399 g/mol. The van der Waals surface area contributed by atoms with Crippen LogP contribution in [0.1, 0.15) is 44.5 Å². The van der Waals surface area contributed by atoms with E-state index in [-0.39, 0.29) is 5.60 Å². The van der Waals surface area contributed by atoms with Gasteiger partial charge in [0.05, 0.1) is 9.39 Å². The Morgan fingerprint density at radius 1 is 1.44 bits per heavy atom. The van der Waals surface area contributed by atoms with Crippen molar-refractivity contribution in [2.45, 2.75) is 45.3 Å². The summed E-state index contributed by atoms with van der Waals surface area (Å²) in [4.78, 5) is 1.36. The quantitative estimate of drug-likeness (QED) is 0.687. The first-order valence-corrected chi connectivity index (χ1v) is 8.53. The number of rotatable bonds is 7. The summed E-state index contributed by atoms with van der Waals surface area (Å²) < 4.78 is 7.78. The van der Waals surface area contributed by atoms with Gasteiger partial charge in [-0.2, -0.15) is 0 Å². The van der Waals surface area contributed by atoms with Crippen molar-refractivity contribution in [1.29, 1.82) is 0 Å². The molecule has 0 aliphatic rings. The van der Waals surface area contributed by atoms with Crippen LogP contribution in [0.2, 0.25) is 0 Å². The molecule has 0 fully saturated rings. The Labute approximate surface area is 131 Å². The van der Waals surface area contributed by atoms with Gasteiger partial charge in [-0.25, -0.2) is 0 Å². The van der Waals surface area contributed by atoms with Crippen molar-refractivity contribution >= 4 is 43.2 Å². The Bertz CT molecular complexity index is 360. The molecule has 0 saturated heterocycles. The molecule has 1 aromatic rings. The van der Waals surface area contributed by atoms with Crippen molar-refractivity contribution in [2.75, 3.05) is 13.7 Å². The number of nitrogens with one attached hydrogen (secondary N) is 1. The summed E-state index contributed by atoms with van der Waals surface area (Å²) in [7, 11) is 1.78. The zero-order chi connectivity index (χ0) is 13.8. The molecule has 1 rings (SSSR count). The Morgan fingerprint density at radius 2 is 2.11 bits per heavy atom. The topological polar surface area (TPSA) is 21.3 Å². The van der Waals surface area contributed by atoms with Crippen LogP contribution in [0.15, 0.2) is 14.3 Å². The molecule has 2 nitrogen and oxygen atoms in total. The van der Waals surface area contributed by atoms with E-state index >= 15 is 0 Å². The lowest BCUT2D eigenvalue weighted by atomic mass is 9.98. The Kier molecular flexibility index (Phi) is 6.83. The first-order chi connectivity index (χ1) is 8.39. The van der Waals surface area contributed by atoms with E-state index in [0.29, 0.717) is 6.04 Å². The second kappa shape index (κ2) is 7.39. The Morgan fingerprint density at radius 3 is 2.56 bits per heavy atom. The van der Waals surface area contributed by atoms with E-state index in [0.717, 1.165) is 27.6 Å². The fraction of sp³-hybridized carbons (Fsp3) is 0.692. The van der Waals surface area contributed by atoms with Gasteiger partial charge >= 0.3 is 0 Å². The molecular weight excluding hydrogens is 378 g/mol. The normalized spacial score (nSPS) is 13.9. The highest BCUT2D eigenvalue weighted by Crippen LogP contribution is 2.37. The van der Waals surface area contributed by atoms with E-state index in [1.807, 2.05) is 0 Å².